The second-order valence-electron chi connectivity index (χ2n) is 3.09. The van der Waals surface area contributed by atoms with Crippen LogP contribution in [0.3, 0.4) is 0 Å². The van der Waals surface area contributed by atoms with Gasteiger partial charge in [-0.05, 0) is 30.0 Å². The minimum atomic E-state index is 1.10. The maximum Gasteiger partial charge on any atom is -0.00197 e. The first kappa shape index (κ1) is 7.35. The number of hydrogen-bond donors (Lipinski definition) is 0. The van der Waals surface area contributed by atoms with Crippen LogP contribution in [0.25, 0.3) is 6.08 Å². The van der Waals surface area contributed by atoms with Crippen LogP contribution in [0, 0.1) is 0 Å². The summed E-state index contributed by atoms with van der Waals surface area (Å²) in [7, 11) is 0. The van der Waals surface area contributed by atoms with Gasteiger partial charge in [-0.2, -0.15) is 0 Å². The standard InChI is InChI=1S/C12H12/c1-2-5-10-8-11-6-3-4-7-12(11)9-10/h2-8H,9H2,1H3. The molecular formula is C12H12. The van der Waals surface area contributed by atoms with Crippen LogP contribution in [0.5, 0.6) is 0 Å². The lowest BCUT2D eigenvalue weighted by Gasteiger charge is -1.94. The molecule has 0 fully saturated rings. The van der Waals surface area contributed by atoms with Crippen molar-refractivity contribution in [3.05, 3.63) is 53.1 Å². The molecule has 60 valence electrons. The van der Waals surface area contributed by atoms with E-state index in [1.165, 1.54) is 16.7 Å². The van der Waals surface area contributed by atoms with Gasteiger partial charge in [-0.3, -0.25) is 0 Å². The van der Waals surface area contributed by atoms with Crippen molar-refractivity contribution >= 4 is 6.08 Å². The van der Waals surface area contributed by atoms with Gasteiger partial charge in [0.2, 0.25) is 0 Å². The van der Waals surface area contributed by atoms with Crippen LogP contribution in [0.2, 0.25) is 0 Å². The van der Waals surface area contributed by atoms with E-state index in [0.717, 1.165) is 6.42 Å². The van der Waals surface area contributed by atoms with E-state index in [0.29, 0.717) is 0 Å². The van der Waals surface area contributed by atoms with Crippen molar-refractivity contribution in [3.63, 3.8) is 0 Å². The van der Waals surface area contributed by atoms with E-state index in [9.17, 15) is 0 Å². The molecule has 0 aliphatic heterocycles. The molecule has 0 heterocycles. The van der Waals surface area contributed by atoms with Gasteiger partial charge in [0.1, 0.15) is 0 Å². The molecule has 1 aromatic carbocycles. The molecule has 0 N–H and O–H groups in total. The van der Waals surface area contributed by atoms with Gasteiger partial charge in [-0.25, -0.2) is 0 Å². The minimum Gasteiger partial charge on any atom is -0.0874 e. The van der Waals surface area contributed by atoms with Crippen LogP contribution in [0.4, 0.5) is 0 Å². The van der Waals surface area contributed by atoms with Gasteiger partial charge in [-0.15, -0.1) is 0 Å². The highest BCUT2D eigenvalue weighted by molar-refractivity contribution is 5.66. The molecule has 0 saturated carbocycles. The normalized spacial score (nSPS) is 14.9. The van der Waals surface area contributed by atoms with Gasteiger partial charge in [0.05, 0.1) is 0 Å². The third-order valence-electron chi connectivity index (χ3n) is 2.17. The molecule has 0 nitrogen and oxygen atoms in total. The van der Waals surface area contributed by atoms with Crippen molar-refractivity contribution in [2.75, 3.05) is 0 Å². The molecule has 0 amide bonds. The number of hydrogen-bond acceptors (Lipinski definition) is 0. The molecule has 0 bridgehead atoms. The molecule has 0 saturated heterocycles. The second-order valence-corrected chi connectivity index (χ2v) is 3.09. The quantitative estimate of drug-likeness (QED) is 0.585. The highest BCUT2D eigenvalue weighted by atomic mass is 14.1. The average molecular weight is 156 g/mol. The maximum atomic E-state index is 2.26. The molecule has 0 spiro atoms. The zero-order valence-corrected chi connectivity index (χ0v) is 7.25. The van der Waals surface area contributed by atoms with Gasteiger partial charge in [0.25, 0.3) is 0 Å². The van der Waals surface area contributed by atoms with Crippen LogP contribution in [0.15, 0.2) is 42.0 Å². The molecule has 12 heavy (non-hydrogen) atoms. The molecule has 0 aromatic heterocycles. The number of benzene rings is 1. The van der Waals surface area contributed by atoms with Crippen molar-refractivity contribution in [2.24, 2.45) is 0 Å². The van der Waals surface area contributed by atoms with E-state index in [2.05, 4.69) is 49.4 Å². The number of allylic oxidation sites excluding steroid dienone is 3. The Labute approximate surface area is 73.2 Å². The van der Waals surface area contributed by atoms with Gasteiger partial charge in [0.15, 0.2) is 0 Å². The largest absolute Gasteiger partial charge is 0.0874 e. The Morgan fingerprint density at radius 1 is 1.25 bits per heavy atom. The van der Waals surface area contributed by atoms with E-state index >= 15 is 0 Å². The zero-order valence-electron chi connectivity index (χ0n) is 7.25. The smallest absolute Gasteiger partial charge is 0.00197 e. The van der Waals surface area contributed by atoms with Gasteiger partial charge >= 0.3 is 0 Å². The van der Waals surface area contributed by atoms with Crippen LogP contribution in [-0.4, -0.2) is 0 Å². The van der Waals surface area contributed by atoms with E-state index in [-0.39, 0.29) is 0 Å². The molecule has 1 aliphatic carbocycles. The molecule has 1 aliphatic rings. The summed E-state index contributed by atoms with van der Waals surface area (Å²) in [6.45, 7) is 2.06. The predicted octanol–water partition coefficient (Wildman–Crippen LogP) is 3.20. The molecule has 0 unspecified atom stereocenters. The van der Waals surface area contributed by atoms with Crippen LogP contribution < -0.4 is 0 Å². The monoisotopic (exact) mass is 156 g/mol. The fraction of sp³-hybridized carbons (Fsp3) is 0.167. The Bertz CT molecular complexity index is 343. The lowest BCUT2D eigenvalue weighted by Crippen LogP contribution is -1.80. The van der Waals surface area contributed by atoms with Crippen molar-refractivity contribution < 1.29 is 0 Å². The fourth-order valence-corrected chi connectivity index (χ4v) is 1.63. The predicted molar refractivity (Wildman–Crippen MR) is 52.9 cm³/mol. The Kier molecular flexibility index (Phi) is 1.83. The summed E-state index contributed by atoms with van der Waals surface area (Å²) < 4.78 is 0. The summed E-state index contributed by atoms with van der Waals surface area (Å²) in [5.41, 5.74) is 4.25. The number of fused-ring (bicyclic) bond motifs is 1. The Morgan fingerprint density at radius 3 is 2.83 bits per heavy atom. The highest BCUT2D eigenvalue weighted by Crippen LogP contribution is 2.24. The summed E-state index contributed by atoms with van der Waals surface area (Å²) in [6.07, 6.45) is 7.63. The third-order valence-corrected chi connectivity index (χ3v) is 2.17. The first-order valence-corrected chi connectivity index (χ1v) is 4.31. The first-order valence-electron chi connectivity index (χ1n) is 4.31. The fourth-order valence-electron chi connectivity index (χ4n) is 1.63. The SMILES string of the molecule is CC=CC1=Cc2ccccc2C1. The van der Waals surface area contributed by atoms with Gasteiger partial charge in [-0.1, -0.05) is 42.5 Å². The topological polar surface area (TPSA) is 0 Å². The summed E-state index contributed by atoms with van der Waals surface area (Å²) >= 11 is 0. The Balaban J connectivity index is 2.35. The lowest BCUT2D eigenvalue weighted by molar-refractivity contribution is 1.24. The van der Waals surface area contributed by atoms with Crippen LogP contribution in [0.1, 0.15) is 18.1 Å². The zero-order chi connectivity index (χ0) is 8.39. The van der Waals surface area contributed by atoms with E-state index in [1.807, 2.05) is 0 Å². The highest BCUT2D eigenvalue weighted by Gasteiger charge is 2.08. The first-order chi connectivity index (χ1) is 5.90. The molecule has 1 aromatic rings. The van der Waals surface area contributed by atoms with Crippen LogP contribution >= 0.6 is 0 Å². The summed E-state index contributed by atoms with van der Waals surface area (Å²) in [4.78, 5) is 0. The maximum absolute atomic E-state index is 2.26. The van der Waals surface area contributed by atoms with Crippen molar-refractivity contribution in [3.8, 4) is 0 Å². The van der Waals surface area contributed by atoms with Crippen molar-refractivity contribution in [2.45, 2.75) is 13.3 Å². The molecular weight excluding hydrogens is 144 g/mol. The Morgan fingerprint density at radius 2 is 2.08 bits per heavy atom. The molecule has 0 radical (unpaired) electrons. The molecule has 2 rings (SSSR count). The molecule has 0 atom stereocenters. The summed E-state index contributed by atoms with van der Waals surface area (Å²) in [5.74, 6) is 0. The van der Waals surface area contributed by atoms with Crippen molar-refractivity contribution in [1.82, 2.24) is 0 Å². The minimum absolute atomic E-state index is 1.10. The van der Waals surface area contributed by atoms with E-state index in [1.54, 1.807) is 0 Å². The average Bonchev–Trinajstić information content (AvgIpc) is 2.47. The third kappa shape index (κ3) is 1.20. The van der Waals surface area contributed by atoms with E-state index < -0.39 is 0 Å². The van der Waals surface area contributed by atoms with Gasteiger partial charge < -0.3 is 0 Å². The number of rotatable bonds is 1. The Hall–Kier alpha value is -1.30. The second kappa shape index (κ2) is 2.98. The molecule has 0 heteroatoms. The summed E-state index contributed by atoms with van der Waals surface area (Å²) in [6, 6.07) is 8.56. The van der Waals surface area contributed by atoms with Crippen molar-refractivity contribution in [1.29, 1.82) is 0 Å². The van der Waals surface area contributed by atoms with Crippen LogP contribution in [-0.2, 0) is 6.42 Å². The van der Waals surface area contributed by atoms with Gasteiger partial charge in [0, 0.05) is 0 Å². The summed E-state index contributed by atoms with van der Waals surface area (Å²) in [5, 5.41) is 0. The van der Waals surface area contributed by atoms with E-state index in [4.69, 9.17) is 0 Å². The lowest BCUT2D eigenvalue weighted by atomic mass is 10.1.